The van der Waals surface area contributed by atoms with Gasteiger partial charge in [-0.1, -0.05) is 37.5 Å². The van der Waals surface area contributed by atoms with Gasteiger partial charge in [0.2, 0.25) is 0 Å². The van der Waals surface area contributed by atoms with Crippen LogP contribution in [-0.4, -0.2) is 25.2 Å². The Morgan fingerprint density at radius 2 is 1.95 bits per heavy atom. The van der Waals surface area contributed by atoms with Gasteiger partial charge in [-0.15, -0.1) is 0 Å². The first-order valence-electron chi connectivity index (χ1n) is 7.09. The van der Waals surface area contributed by atoms with Gasteiger partial charge < -0.3 is 15.8 Å². The summed E-state index contributed by atoms with van der Waals surface area (Å²) in [5.74, 6) is 1.42. The lowest BCUT2D eigenvalue weighted by Gasteiger charge is -2.23. The van der Waals surface area contributed by atoms with Crippen molar-refractivity contribution in [3.63, 3.8) is 0 Å². The van der Waals surface area contributed by atoms with E-state index in [9.17, 15) is 0 Å². The highest BCUT2D eigenvalue weighted by atomic mass is 16.5. The molecule has 0 saturated heterocycles. The Morgan fingerprint density at radius 3 is 2.68 bits per heavy atom. The van der Waals surface area contributed by atoms with Crippen molar-refractivity contribution in [3.8, 4) is 5.75 Å². The van der Waals surface area contributed by atoms with Crippen LogP contribution in [0.25, 0.3) is 0 Å². The fourth-order valence-electron chi connectivity index (χ4n) is 2.35. The molecule has 1 saturated carbocycles. The van der Waals surface area contributed by atoms with E-state index in [0.717, 1.165) is 5.75 Å². The standard InChI is InChI=1S/C15H23N3O/c16-15(18-13-7-3-1-4-8-13)17-11-12-19-14-9-5-2-6-10-14/h2,5-6,9-10,13H,1,3-4,7-8,11-12H2,(H3,16,17,18). The zero-order valence-electron chi connectivity index (χ0n) is 11.3. The van der Waals surface area contributed by atoms with Crippen molar-refractivity contribution in [2.45, 2.75) is 38.1 Å². The minimum Gasteiger partial charge on any atom is -0.492 e. The fraction of sp³-hybridized carbons (Fsp3) is 0.533. The van der Waals surface area contributed by atoms with Gasteiger partial charge in [0.05, 0.1) is 6.54 Å². The predicted octanol–water partition coefficient (Wildman–Crippen LogP) is 2.30. The average Bonchev–Trinajstić information content (AvgIpc) is 2.46. The highest BCUT2D eigenvalue weighted by Crippen LogP contribution is 2.16. The number of rotatable bonds is 5. The van der Waals surface area contributed by atoms with E-state index in [1.54, 1.807) is 0 Å². The molecule has 0 aliphatic heterocycles. The van der Waals surface area contributed by atoms with Gasteiger partial charge in [0.1, 0.15) is 12.4 Å². The van der Waals surface area contributed by atoms with Crippen LogP contribution in [0, 0.1) is 0 Å². The SMILES string of the molecule is NC(=NCCOc1ccccc1)NC1CCCCC1. The van der Waals surface area contributed by atoms with Gasteiger partial charge in [0.25, 0.3) is 0 Å². The maximum atomic E-state index is 5.87. The molecule has 0 spiro atoms. The molecule has 4 heteroatoms. The summed E-state index contributed by atoms with van der Waals surface area (Å²) in [6.07, 6.45) is 6.34. The van der Waals surface area contributed by atoms with Crippen LogP contribution in [0.1, 0.15) is 32.1 Å². The Morgan fingerprint density at radius 1 is 1.21 bits per heavy atom. The van der Waals surface area contributed by atoms with Gasteiger partial charge in [0.15, 0.2) is 5.96 Å². The average molecular weight is 261 g/mol. The molecule has 3 N–H and O–H groups in total. The van der Waals surface area contributed by atoms with Crippen molar-refractivity contribution in [3.05, 3.63) is 30.3 Å². The number of nitrogens with one attached hydrogen (secondary N) is 1. The second-order valence-electron chi connectivity index (χ2n) is 4.91. The van der Waals surface area contributed by atoms with E-state index in [4.69, 9.17) is 10.5 Å². The van der Waals surface area contributed by atoms with E-state index in [1.807, 2.05) is 30.3 Å². The quantitative estimate of drug-likeness (QED) is 0.486. The van der Waals surface area contributed by atoms with Gasteiger partial charge in [-0.2, -0.15) is 0 Å². The molecular weight excluding hydrogens is 238 g/mol. The molecule has 0 radical (unpaired) electrons. The summed E-state index contributed by atoms with van der Waals surface area (Å²) in [6.45, 7) is 1.14. The topological polar surface area (TPSA) is 59.6 Å². The summed E-state index contributed by atoms with van der Waals surface area (Å²) >= 11 is 0. The highest BCUT2D eigenvalue weighted by Gasteiger charge is 2.12. The molecule has 1 aliphatic carbocycles. The van der Waals surface area contributed by atoms with Crippen molar-refractivity contribution in [2.75, 3.05) is 13.2 Å². The molecule has 0 atom stereocenters. The summed E-state index contributed by atoms with van der Waals surface area (Å²) in [5.41, 5.74) is 5.87. The molecule has 2 rings (SSSR count). The van der Waals surface area contributed by atoms with Gasteiger partial charge in [-0.3, -0.25) is 0 Å². The fourth-order valence-corrected chi connectivity index (χ4v) is 2.35. The number of nitrogens with two attached hydrogens (primary N) is 1. The van der Waals surface area contributed by atoms with Crippen molar-refractivity contribution >= 4 is 5.96 Å². The number of hydrogen-bond donors (Lipinski definition) is 2. The molecule has 1 aromatic rings. The minimum atomic E-state index is 0.507. The van der Waals surface area contributed by atoms with E-state index in [-0.39, 0.29) is 0 Å². The Bertz CT molecular complexity index is 386. The monoisotopic (exact) mass is 261 g/mol. The summed E-state index contributed by atoms with van der Waals surface area (Å²) < 4.78 is 5.56. The molecule has 0 amide bonds. The molecule has 0 bridgehead atoms. The third-order valence-electron chi connectivity index (χ3n) is 3.34. The first kappa shape index (κ1) is 13.7. The van der Waals surface area contributed by atoms with Crippen LogP contribution in [0.3, 0.4) is 0 Å². The van der Waals surface area contributed by atoms with Gasteiger partial charge in [0, 0.05) is 6.04 Å². The van der Waals surface area contributed by atoms with E-state index >= 15 is 0 Å². The molecular formula is C15H23N3O. The molecule has 0 unspecified atom stereocenters. The first-order chi connectivity index (χ1) is 9.34. The van der Waals surface area contributed by atoms with Crippen LogP contribution >= 0.6 is 0 Å². The number of benzene rings is 1. The summed E-state index contributed by atoms with van der Waals surface area (Å²) in [7, 11) is 0. The van der Waals surface area contributed by atoms with E-state index in [1.165, 1.54) is 32.1 Å². The molecule has 1 aromatic carbocycles. The van der Waals surface area contributed by atoms with E-state index < -0.39 is 0 Å². The maximum absolute atomic E-state index is 5.87. The second kappa shape index (κ2) is 7.67. The molecule has 1 aliphatic rings. The van der Waals surface area contributed by atoms with E-state index in [2.05, 4.69) is 10.3 Å². The van der Waals surface area contributed by atoms with Crippen LogP contribution in [-0.2, 0) is 0 Å². The molecule has 0 aromatic heterocycles. The number of hydrogen-bond acceptors (Lipinski definition) is 2. The lowest BCUT2D eigenvalue weighted by Crippen LogP contribution is -2.41. The predicted molar refractivity (Wildman–Crippen MR) is 78.4 cm³/mol. The van der Waals surface area contributed by atoms with Crippen molar-refractivity contribution in [1.82, 2.24) is 5.32 Å². The third kappa shape index (κ3) is 5.20. The van der Waals surface area contributed by atoms with Crippen LogP contribution in [0.2, 0.25) is 0 Å². The zero-order chi connectivity index (χ0) is 13.3. The van der Waals surface area contributed by atoms with E-state index in [0.29, 0.717) is 25.2 Å². The largest absolute Gasteiger partial charge is 0.492 e. The van der Waals surface area contributed by atoms with Crippen molar-refractivity contribution in [2.24, 2.45) is 10.7 Å². The Kier molecular flexibility index (Phi) is 5.53. The molecule has 4 nitrogen and oxygen atoms in total. The van der Waals surface area contributed by atoms with Gasteiger partial charge in [-0.05, 0) is 25.0 Å². The highest BCUT2D eigenvalue weighted by molar-refractivity contribution is 5.78. The Hall–Kier alpha value is -1.71. The molecule has 19 heavy (non-hydrogen) atoms. The molecule has 104 valence electrons. The number of para-hydroxylation sites is 1. The Balaban J connectivity index is 1.64. The lowest BCUT2D eigenvalue weighted by atomic mass is 9.96. The Labute approximate surface area is 115 Å². The van der Waals surface area contributed by atoms with Crippen LogP contribution in [0.5, 0.6) is 5.75 Å². The van der Waals surface area contributed by atoms with Crippen molar-refractivity contribution in [1.29, 1.82) is 0 Å². The zero-order valence-corrected chi connectivity index (χ0v) is 11.3. The minimum absolute atomic E-state index is 0.507. The van der Waals surface area contributed by atoms with Crippen LogP contribution < -0.4 is 15.8 Å². The van der Waals surface area contributed by atoms with Crippen LogP contribution in [0.15, 0.2) is 35.3 Å². The number of guanidine groups is 1. The molecule has 1 fully saturated rings. The smallest absolute Gasteiger partial charge is 0.188 e. The number of aliphatic imine (C=N–C) groups is 1. The van der Waals surface area contributed by atoms with Crippen LogP contribution in [0.4, 0.5) is 0 Å². The summed E-state index contributed by atoms with van der Waals surface area (Å²) in [4.78, 5) is 4.29. The number of nitrogens with zero attached hydrogens (tertiary/aromatic N) is 1. The van der Waals surface area contributed by atoms with Gasteiger partial charge >= 0.3 is 0 Å². The lowest BCUT2D eigenvalue weighted by molar-refractivity contribution is 0.328. The maximum Gasteiger partial charge on any atom is 0.188 e. The molecule has 0 heterocycles. The normalized spacial score (nSPS) is 17.2. The first-order valence-corrected chi connectivity index (χ1v) is 7.09. The van der Waals surface area contributed by atoms with Gasteiger partial charge in [-0.25, -0.2) is 4.99 Å². The summed E-state index contributed by atoms with van der Waals surface area (Å²) in [6, 6.07) is 10.3. The van der Waals surface area contributed by atoms with Crippen molar-refractivity contribution < 1.29 is 4.74 Å². The summed E-state index contributed by atoms with van der Waals surface area (Å²) in [5, 5.41) is 3.29. The second-order valence-corrected chi connectivity index (χ2v) is 4.91. The number of ether oxygens (including phenoxy) is 1. The third-order valence-corrected chi connectivity index (χ3v) is 3.34.